The van der Waals surface area contributed by atoms with Gasteiger partial charge >= 0.3 is 0 Å². The zero-order chi connectivity index (χ0) is 20.0. The molecule has 3 N–H and O–H groups in total. The molecule has 0 saturated heterocycles. The fourth-order valence-electron chi connectivity index (χ4n) is 2.39. The zero-order valence-electron chi connectivity index (χ0n) is 15.1. The molecule has 0 saturated carbocycles. The minimum absolute atomic E-state index is 0.173. The molecule has 3 rings (SSSR count). The van der Waals surface area contributed by atoms with Crippen molar-refractivity contribution in [2.24, 2.45) is 0 Å². The molecular weight excluding hydrogens is 400 g/mol. The number of hydrogen-bond donors (Lipinski definition) is 3. The fraction of sp³-hybridized carbons (Fsp3) is 0.167. The lowest BCUT2D eigenvalue weighted by atomic mass is 10.2. The Morgan fingerprint density at radius 1 is 0.964 bits per heavy atom. The number of anilines is 3. The van der Waals surface area contributed by atoms with Crippen LogP contribution in [0.3, 0.4) is 0 Å². The van der Waals surface area contributed by atoms with Crippen LogP contribution in [0.2, 0.25) is 5.02 Å². The molecule has 2 aromatic heterocycles. The number of sulfonamides is 1. The summed E-state index contributed by atoms with van der Waals surface area (Å²) in [6.07, 6.45) is 3.36. The second-order valence-electron chi connectivity index (χ2n) is 5.90. The third-order valence-corrected chi connectivity index (χ3v) is 5.62. The van der Waals surface area contributed by atoms with E-state index in [1.807, 2.05) is 12.1 Å². The maximum absolute atomic E-state index is 12.4. The standard InChI is InChI=1S/C18H19ClN6O2S/c1-13-2-3-14(19)12-16(13)28(26,27)22-11-10-21-17-4-5-18(25-24-17)23-15-6-8-20-9-7-15/h2-9,12,22H,10-11H2,1H3,(H,21,24)(H,20,23,25). The van der Waals surface area contributed by atoms with Crippen molar-refractivity contribution in [3.63, 3.8) is 0 Å². The number of rotatable bonds is 8. The fourth-order valence-corrected chi connectivity index (χ4v) is 3.93. The van der Waals surface area contributed by atoms with Gasteiger partial charge in [-0.15, -0.1) is 10.2 Å². The van der Waals surface area contributed by atoms with Crippen molar-refractivity contribution in [3.05, 3.63) is 65.4 Å². The van der Waals surface area contributed by atoms with E-state index in [1.54, 1.807) is 43.6 Å². The van der Waals surface area contributed by atoms with Crippen LogP contribution in [0.25, 0.3) is 0 Å². The number of aromatic nitrogens is 3. The van der Waals surface area contributed by atoms with Gasteiger partial charge in [0, 0.05) is 36.2 Å². The van der Waals surface area contributed by atoms with Gasteiger partial charge in [0.15, 0.2) is 5.82 Å². The minimum atomic E-state index is -3.63. The number of aryl methyl sites for hydroxylation is 1. The average molecular weight is 419 g/mol. The van der Waals surface area contributed by atoms with Gasteiger partial charge in [-0.25, -0.2) is 13.1 Å². The number of nitrogens with zero attached hydrogens (tertiary/aromatic N) is 3. The van der Waals surface area contributed by atoms with E-state index in [0.717, 1.165) is 5.69 Å². The van der Waals surface area contributed by atoms with E-state index in [1.165, 1.54) is 6.07 Å². The summed E-state index contributed by atoms with van der Waals surface area (Å²) in [7, 11) is -3.63. The minimum Gasteiger partial charge on any atom is -0.367 e. The molecule has 0 fully saturated rings. The second-order valence-corrected chi connectivity index (χ2v) is 8.07. The molecule has 0 aliphatic heterocycles. The van der Waals surface area contributed by atoms with Crippen molar-refractivity contribution in [1.82, 2.24) is 19.9 Å². The first-order valence-corrected chi connectivity index (χ1v) is 10.3. The molecule has 146 valence electrons. The van der Waals surface area contributed by atoms with Crippen molar-refractivity contribution in [2.75, 3.05) is 23.7 Å². The van der Waals surface area contributed by atoms with Crippen LogP contribution in [0.1, 0.15) is 5.56 Å². The summed E-state index contributed by atoms with van der Waals surface area (Å²) in [5.74, 6) is 1.13. The topological polar surface area (TPSA) is 109 Å². The summed E-state index contributed by atoms with van der Waals surface area (Å²) in [6, 6.07) is 11.9. The van der Waals surface area contributed by atoms with Crippen LogP contribution in [-0.4, -0.2) is 36.7 Å². The van der Waals surface area contributed by atoms with E-state index in [-0.39, 0.29) is 11.4 Å². The predicted octanol–water partition coefficient (Wildman–Crippen LogP) is 2.97. The highest BCUT2D eigenvalue weighted by molar-refractivity contribution is 7.89. The molecule has 0 atom stereocenters. The number of hydrogen-bond acceptors (Lipinski definition) is 7. The Balaban J connectivity index is 1.50. The molecule has 10 heteroatoms. The number of nitrogens with one attached hydrogen (secondary N) is 3. The lowest BCUT2D eigenvalue weighted by molar-refractivity contribution is 0.582. The number of halogens is 1. The van der Waals surface area contributed by atoms with E-state index in [0.29, 0.717) is 28.8 Å². The predicted molar refractivity (Wildman–Crippen MR) is 109 cm³/mol. The molecule has 0 spiro atoms. The SMILES string of the molecule is Cc1ccc(Cl)cc1S(=O)(=O)NCCNc1ccc(Nc2ccncc2)nn1. The first kappa shape index (κ1) is 20.0. The Kier molecular flexibility index (Phi) is 6.40. The van der Waals surface area contributed by atoms with Gasteiger partial charge in [-0.3, -0.25) is 4.98 Å². The molecule has 3 aromatic rings. The summed E-state index contributed by atoms with van der Waals surface area (Å²) in [4.78, 5) is 4.12. The summed E-state index contributed by atoms with van der Waals surface area (Å²) >= 11 is 5.90. The average Bonchev–Trinajstić information content (AvgIpc) is 2.69. The van der Waals surface area contributed by atoms with E-state index in [4.69, 9.17) is 11.6 Å². The first-order valence-electron chi connectivity index (χ1n) is 8.44. The monoisotopic (exact) mass is 418 g/mol. The normalized spacial score (nSPS) is 11.2. The summed E-state index contributed by atoms with van der Waals surface area (Å²) < 4.78 is 27.3. The largest absolute Gasteiger partial charge is 0.367 e. The van der Waals surface area contributed by atoms with Gasteiger partial charge in [0.1, 0.15) is 5.82 Å². The molecule has 0 amide bonds. The van der Waals surface area contributed by atoms with E-state index >= 15 is 0 Å². The Labute approximate surface area is 168 Å². The van der Waals surface area contributed by atoms with Gasteiger partial charge in [0.05, 0.1) is 4.90 Å². The van der Waals surface area contributed by atoms with Gasteiger partial charge in [-0.1, -0.05) is 17.7 Å². The van der Waals surface area contributed by atoms with E-state index < -0.39 is 10.0 Å². The molecule has 8 nitrogen and oxygen atoms in total. The van der Waals surface area contributed by atoms with Crippen LogP contribution in [0.4, 0.5) is 17.3 Å². The van der Waals surface area contributed by atoms with Crippen LogP contribution in [0.5, 0.6) is 0 Å². The lowest BCUT2D eigenvalue weighted by Crippen LogP contribution is -2.29. The number of pyridine rings is 1. The maximum atomic E-state index is 12.4. The van der Waals surface area contributed by atoms with Crippen molar-refractivity contribution >= 4 is 38.9 Å². The second kappa shape index (κ2) is 8.96. The zero-order valence-corrected chi connectivity index (χ0v) is 16.6. The lowest BCUT2D eigenvalue weighted by Gasteiger charge is -2.10. The summed E-state index contributed by atoms with van der Waals surface area (Å²) in [6.45, 7) is 2.26. The molecule has 2 heterocycles. The molecule has 0 aliphatic carbocycles. The smallest absolute Gasteiger partial charge is 0.240 e. The van der Waals surface area contributed by atoms with Crippen molar-refractivity contribution in [3.8, 4) is 0 Å². The van der Waals surface area contributed by atoms with E-state index in [2.05, 4.69) is 30.5 Å². The van der Waals surface area contributed by atoms with Crippen molar-refractivity contribution in [1.29, 1.82) is 0 Å². The van der Waals surface area contributed by atoms with E-state index in [9.17, 15) is 8.42 Å². The highest BCUT2D eigenvalue weighted by Gasteiger charge is 2.16. The van der Waals surface area contributed by atoms with Crippen molar-refractivity contribution in [2.45, 2.75) is 11.8 Å². The molecule has 28 heavy (non-hydrogen) atoms. The molecule has 0 unspecified atom stereocenters. The van der Waals surface area contributed by atoms with Crippen LogP contribution in [-0.2, 0) is 10.0 Å². The molecule has 0 bridgehead atoms. The van der Waals surface area contributed by atoms with Gasteiger partial charge in [-0.2, -0.15) is 0 Å². The van der Waals surface area contributed by atoms with Crippen LogP contribution < -0.4 is 15.4 Å². The van der Waals surface area contributed by atoms with Gasteiger partial charge in [0.2, 0.25) is 10.0 Å². The molecule has 1 aromatic carbocycles. The van der Waals surface area contributed by atoms with Gasteiger partial charge in [0.25, 0.3) is 0 Å². The highest BCUT2D eigenvalue weighted by Crippen LogP contribution is 2.19. The van der Waals surface area contributed by atoms with Gasteiger partial charge < -0.3 is 10.6 Å². The molecule has 0 radical (unpaired) electrons. The molecule has 0 aliphatic rings. The van der Waals surface area contributed by atoms with Crippen LogP contribution >= 0.6 is 11.6 Å². The summed E-state index contributed by atoms with van der Waals surface area (Å²) in [5, 5.41) is 14.6. The Hall–Kier alpha value is -2.75. The quantitative estimate of drug-likeness (QED) is 0.482. The van der Waals surface area contributed by atoms with Crippen LogP contribution in [0.15, 0.2) is 59.8 Å². The molecular formula is C18H19ClN6O2S. The third kappa shape index (κ3) is 5.38. The third-order valence-electron chi connectivity index (χ3n) is 3.78. The summed E-state index contributed by atoms with van der Waals surface area (Å²) in [5.41, 5.74) is 1.49. The first-order chi connectivity index (χ1) is 13.4. The van der Waals surface area contributed by atoms with Crippen LogP contribution in [0, 0.1) is 6.92 Å². The Morgan fingerprint density at radius 2 is 1.68 bits per heavy atom. The maximum Gasteiger partial charge on any atom is 0.240 e. The van der Waals surface area contributed by atoms with Crippen molar-refractivity contribution < 1.29 is 8.42 Å². The van der Waals surface area contributed by atoms with Gasteiger partial charge in [-0.05, 0) is 48.9 Å². The Bertz CT molecular complexity index is 1030. The number of benzene rings is 1. The Morgan fingerprint density at radius 3 is 2.39 bits per heavy atom. The highest BCUT2D eigenvalue weighted by atomic mass is 35.5.